The molecular formula is C9H19NO3. The van der Waals surface area contributed by atoms with Gasteiger partial charge < -0.3 is 19.9 Å². The van der Waals surface area contributed by atoms with E-state index in [-0.39, 0.29) is 6.10 Å². The van der Waals surface area contributed by atoms with Crippen LogP contribution < -0.4 is 5.32 Å². The largest absolute Gasteiger partial charge is 0.389 e. The van der Waals surface area contributed by atoms with Crippen LogP contribution in [0.3, 0.4) is 0 Å². The van der Waals surface area contributed by atoms with E-state index < -0.39 is 6.10 Å². The van der Waals surface area contributed by atoms with Gasteiger partial charge in [0.1, 0.15) is 0 Å². The molecule has 4 heteroatoms. The molecule has 0 radical (unpaired) electrons. The van der Waals surface area contributed by atoms with Crippen molar-refractivity contribution < 1.29 is 14.6 Å². The third-order valence-electron chi connectivity index (χ3n) is 2.13. The van der Waals surface area contributed by atoms with Crippen molar-refractivity contribution in [2.24, 2.45) is 0 Å². The smallest absolute Gasteiger partial charge is 0.0897 e. The second kappa shape index (κ2) is 6.32. The number of ether oxygens (including phenoxy) is 2. The molecule has 4 nitrogen and oxygen atoms in total. The summed E-state index contributed by atoms with van der Waals surface area (Å²) in [4.78, 5) is 0. The van der Waals surface area contributed by atoms with Gasteiger partial charge in [0.2, 0.25) is 0 Å². The highest BCUT2D eigenvalue weighted by Gasteiger charge is 2.15. The number of hydrogen-bond donors (Lipinski definition) is 2. The van der Waals surface area contributed by atoms with E-state index in [9.17, 15) is 5.11 Å². The molecule has 0 amide bonds. The standard InChI is InChI=1S/C9H19NO3/c1-10-6-8(11)7-13-9-2-4-12-5-3-9/h8-11H,2-7H2,1H3. The molecule has 0 aromatic carbocycles. The van der Waals surface area contributed by atoms with E-state index in [4.69, 9.17) is 9.47 Å². The SMILES string of the molecule is CNCC(O)COC1CCOCC1. The molecule has 1 aliphatic rings. The Morgan fingerprint density at radius 2 is 2.23 bits per heavy atom. The summed E-state index contributed by atoms with van der Waals surface area (Å²) in [6.07, 6.45) is 1.78. The summed E-state index contributed by atoms with van der Waals surface area (Å²) in [5.74, 6) is 0. The van der Waals surface area contributed by atoms with Gasteiger partial charge in [-0.25, -0.2) is 0 Å². The molecular weight excluding hydrogens is 170 g/mol. The molecule has 0 spiro atoms. The molecule has 2 N–H and O–H groups in total. The molecule has 1 fully saturated rings. The van der Waals surface area contributed by atoms with E-state index in [1.54, 1.807) is 0 Å². The molecule has 0 aromatic heterocycles. The van der Waals surface area contributed by atoms with Gasteiger partial charge in [-0.15, -0.1) is 0 Å². The van der Waals surface area contributed by atoms with E-state index in [0.717, 1.165) is 26.1 Å². The predicted molar refractivity (Wildman–Crippen MR) is 49.7 cm³/mol. The van der Waals surface area contributed by atoms with Crippen LogP contribution in [0.1, 0.15) is 12.8 Å². The molecule has 1 atom stereocenters. The lowest BCUT2D eigenvalue weighted by atomic mass is 10.1. The molecule has 0 aromatic rings. The van der Waals surface area contributed by atoms with Crippen molar-refractivity contribution in [3.8, 4) is 0 Å². The summed E-state index contributed by atoms with van der Waals surface area (Å²) >= 11 is 0. The van der Waals surface area contributed by atoms with Gasteiger partial charge >= 0.3 is 0 Å². The quantitative estimate of drug-likeness (QED) is 0.627. The highest BCUT2D eigenvalue weighted by molar-refractivity contribution is 4.64. The van der Waals surface area contributed by atoms with Crippen LogP contribution in [0.15, 0.2) is 0 Å². The van der Waals surface area contributed by atoms with Crippen LogP contribution in [0, 0.1) is 0 Å². The van der Waals surface area contributed by atoms with Crippen LogP contribution in [-0.4, -0.2) is 50.7 Å². The molecule has 0 bridgehead atoms. The van der Waals surface area contributed by atoms with Crippen LogP contribution in [0.5, 0.6) is 0 Å². The maximum Gasteiger partial charge on any atom is 0.0897 e. The van der Waals surface area contributed by atoms with Crippen LogP contribution >= 0.6 is 0 Å². The molecule has 1 rings (SSSR count). The number of likely N-dealkylation sites (N-methyl/N-ethyl adjacent to an activating group) is 1. The lowest BCUT2D eigenvalue weighted by Crippen LogP contribution is -2.32. The monoisotopic (exact) mass is 189 g/mol. The lowest BCUT2D eigenvalue weighted by Gasteiger charge is -2.23. The second-order valence-electron chi connectivity index (χ2n) is 3.36. The van der Waals surface area contributed by atoms with Crippen molar-refractivity contribution in [1.29, 1.82) is 0 Å². The fraction of sp³-hybridized carbons (Fsp3) is 1.00. The summed E-state index contributed by atoms with van der Waals surface area (Å²) in [7, 11) is 1.82. The van der Waals surface area contributed by atoms with Gasteiger partial charge in [-0.1, -0.05) is 0 Å². The Kier molecular flexibility index (Phi) is 5.31. The highest BCUT2D eigenvalue weighted by atomic mass is 16.5. The Morgan fingerprint density at radius 1 is 1.54 bits per heavy atom. The number of aliphatic hydroxyl groups is 1. The summed E-state index contributed by atoms with van der Waals surface area (Å²) in [6.45, 7) is 2.58. The van der Waals surface area contributed by atoms with E-state index in [0.29, 0.717) is 13.2 Å². The third-order valence-corrected chi connectivity index (χ3v) is 2.13. The molecule has 1 saturated heterocycles. The number of aliphatic hydroxyl groups excluding tert-OH is 1. The Balaban J connectivity index is 2.03. The van der Waals surface area contributed by atoms with Gasteiger partial charge in [-0.3, -0.25) is 0 Å². The van der Waals surface area contributed by atoms with Crippen molar-refractivity contribution >= 4 is 0 Å². The maximum atomic E-state index is 9.36. The Bertz CT molecular complexity index is 126. The molecule has 0 aliphatic carbocycles. The van der Waals surface area contributed by atoms with Gasteiger partial charge in [0, 0.05) is 19.8 Å². The van der Waals surface area contributed by atoms with Crippen LogP contribution in [0.2, 0.25) is 0 Å². The van der Waals surface area contributed by atoms with Crippen molar-refractivity contribution in [2.75, 3.05) is 33.4 Å². The van der Waals surface area contributed by atoms with E-state index >= 15 is 0 Å². The number of nitrogens with one attached hydrogen (secondary N) is 1. The van der Waals surface area contributed by atoms with Crippen LogP contribution in [0.4, 0.5) is 0 Å². The minimum atomic E-state index is -0.396. The minimum Gasteiger partial charge on any atom is -0.389 e. The summed E-state index contributed by atoms with van der Waals surface area (Å²) < 4.78 is 10.7. The zero-order chi connectivity index (χ0) is 9.52. The third kappa shape index (κ3) is 4.57. The van der Waals surface area contributed by atoms with Gasteiger partial charge in [-0.2, -0.15) is 0 Å². The van der Waals surface area contributed by atoms with Crippen molar-refractivity contribution in [2.45, 2.75) is 25.0 Å². The van der Waals surface area contributed by atoms with Crippen molar-refractivity contribution in [1.82, 2.24) is 5.32 Å². The van der Waals surface area contributed by atoms with Crippen LogP contribution in [-0.2, 0) is 9.47 Å². The van der Waals surface area contributed by atoms with Crippen molar-refractivity contribution in [3.05, 3.63) is 0 Å². The first-order valence-corrected chi connectivity index (χ1v) is 4.85. The predicted octanol–water partition coefficient (Wildman–Crippen LogP) is -0.238. The number of rotatable bonds is 5. The average molecular weight is 189 g/mol. The second-order valence-corrected chi connectivity index (χ2v) is 3.36. The Morgan fingerprint density at radius 3 is 2.85 bits per heavy atom. The topological polar surface area (TPSA) is 50.7 Å². The van der Waals surface area contributed by atoms with Crippen molar-refractivity contribution in [3.63, 3.8) is 0 Å². The first-order chi connectivity index (χ1) is 6.33. The summed E-state index contributed by atoms with van der Waals surface area (Å²) in [5.41, 5.74) is 0. The maximum absolute atomic E-state index is 9.36. The normalized spacial score (nSPS) is 21.7. The van der Waals surface area contributed by atoms with E-state index in [1.807, 2.05) is 7.05 Å². The zero-order valence-corrected chi connectivity index (χ0v) is 8.16. The summed E-state index contributed by atoms with van der Waals surface area (Å²) in [5, 5.41) is 12.3. The molecule has 1 aliphatic heterocycles. The number of hydrogen-bond acceptors (Lipinski definition) is 4. The molecule has 0 saturated carbocycles. The van der Waals surface area contributed by atoms with Gasteiger partial charge in [0.25, 0.3) is 0 Å². The van der Waals surface area contributed by atoms with Gasteiger partial charge in [0.15, 0.2) is 0 Å². The van der Waals surface area contributed by atoms with E-state index in [1.165, 1.54) is 0 Å². The first-order valence-electron chi connectivity index (χ1n) is 4.85. The zero-order valence-electron chi connectivity index (χ0n) is 8.16. The van der Waals surface area contributed by atoms with Gasteiger partial charge in [-0.05, 0) is 19.9 Å². The Hall–Kier alpha value is -0.160. The molecule has 13 heavy (non-hydrogen) atoms. The molecule has 78 valence electrons. The minimum absolute atomic E-state index is 0.278. The summed E-state index contributed by atoms with van der Waals surface area (Å²) in [6, 6.07) is 0. The highest BCUT2D eigenvalue weighted by Crippen LogP contribution is 2.10. The molecule has 1 unspecified atom stereocenters. The van der Waals surface area contributed by atoms with E-state index in [2.05, 4.69) is 5.32 Å². The fourth-order valence-electron chi connectivity index (χ4n) is 1.38. The van der Waals surface area contributed by atoms with Gasteiger partial charge in [0.05, 0.1) is 18.8 Å². The molecule has 1 heterocycles. The Labute approximate surface area is 79.2 Å². The first kappa shape index (κ1) is 10.9. The fourth-order valence-corrected chi connectivity index (χ4v) is 1.38. The lowest BCUT2D eigenvalue weighted by molar-refractivity contribution is -0.0582. The van der Waals surface area contributed by atoms with Crippen LogP contribution in [0.25, 0.3) is 0 Å². The average Bonchev–Trinajstić information content (AvgIpc) is 2.17.